The first-order valence-corrected chi connectivity index (χ1v) is 10.5. The maximum absolute atomic E-state index is 12.6. The minimum atomic E-state index is -1.82. The highest BCUT2D eigenvalue weighted by atomic mass is 16.5. The Morgan fingerprint density at radius 3 is 1.82 bits per heavy atom. The molecule has 34 heavy (non-hydrogen) atoms. The number of methoxy groups -OCH3 is 1. The van der Waals surface area contributed by atoms with Crippen LogP contribution < -0.4 is 15.4 Å². The number of anilines is 1. The number of hydrogen-bond donors (Lipinski definition) is 4. The van der Waals surface area contributed by atoms with Crippen molar-refractivity contribution in [1.29, 1.82) is 0 Å². The molecular weight excluding hydrogens is 436 g/mol. The van der Waals surface area contributed by atoms with E-state index in [0.717, 1.165) is 33.7 Å². The molecule has 0 bridgehead atoms. The van der Waals surface area contributed by atoms with Crippen molar-refractivity contribution in [3.63, 3.8) is 0 Å². The van der Waals surface area contributed by atoms with E-state index in [9.17, 15) is 4.79 Å². The number of benzene rings is 3. The maximum atomic E-state index is 12.6. The number of aliphatic carboxylic acids is 2. The molecule has 1 amide bonds. The van der Waals surface area contributed by atoms with Gasteiger partial charge in [0, 0.05) is 5.69 Å². The Hall–Kier alpha value is -4.17. The zero-order valence-corrected chi connectivity index (χ0v) is 19.2. The number of para-hydroxylation sites is 1. The number of carbonyl (C=O) groups is 3. The third-order valence-electron chi connectivity index (χ3n) is 4.98. The number of carboxylic acids is 2. The normalized spacial score (nSPS) is 10.9. The molecule has 0 saturated heterocycles. The molecule has 0 aromatic heterocycles. The van der Waals surface area contributed by atoms with E-state index in [1.807, 2.05) is 74.5 Å². The second-order valence-corrected chi connectivity index (χ2v) is 7.42. The summed E-state index contributed by atoms with van der Waals surface area (Å²) < 4.78 is 5.26. The lowest BCUT2D eigenvalue weighted by Crippen LogP contribution is -2.32. The fourth-order valence-electron chi connectivity index (χ4n) is 3.26. The van der Waals surface area contributed by atoms with Crippen LogP contribution in [0.15, 0.2) is 72.8 Å². The number of nitrogens with one attached hydrogen (secondary N) is 2. The molecule has 0 aliphatic heterocycles. The Labute approximate surface area is 198 Å². The molecule has 0 aliphatic carbocycles. The molecule has 0 spiro atoms. The van der Waals surface area contributed by atoms with Crippen LogP contribution in [0.25, 0.3) is 0 Å². The van der Waals surface area contributed by atoms with Gasteiger partial charge in [-0.25, -0.2) is 9.59 Å². The molecule has 0 aliphatic rings. The van der Waals surface area contributed by atoms with E-state index in [-0.39, 0.29) is 18.5 Å². The van der Waals surface area contributed by atoms with E-state index in [2.05, 4.69) is 22.8 Å². The lowest BCUT2D eigenvalue weighted by molar-refractivity contribution is -0.159. The number of carbonyl (C=O) groups excluding carboxylic acids is 1. The highest BCUT2D eigenvalue weighted by Crippen LogP contribution is 2.24. The topological polar surface area (TPSA) is 125 Å². The van der Waals surface area contributed by atoms with Crippen molar-refractivity contribution in [2.75, 3.05) is 19.0 Å². The van der Waals surface area contributed by atoms with Crippen LogP contribution in [0.5, 0.6) is 5.75 Å². The number of amides is 1. The number of ether oxygens (including phenoxy) is 1. The van der Waals surface area contributed by atoms with Gasteiger partial charge < -0.3 is 20.3 Å². The zero-order valence-electron chi connectivity index (χ0n) is 19.2. The molecule has 1 atom stereocenters. The van der Waals surface area contributed by atoms with E-state index in [1.54, 1.807) is 7.11 Å². The molecule has 3 aromatic rings. The maximum Gasteiger partial charge on any atom is 0.414 e. The summed E-state index contributed by atoms with van der Waals surface area (Å²) in [5.74, 6) is -2.90. The van der Waals surface area contributed by atoms with Gasteiger partial charge in [0.1, 0.15) is 5.75 Å². The van der Waals surface area contributed by atoms with Crippen LogP contribution in [0, 0.1) is 13.8 Å². The Kier molecular flexibility index (Phi) is 9.79. The van der Waals surface area contributed by atoms with Gasteiger partial charge in [-0.3, -0.25) is 10.1 Å². The van der Waals surface area contributed by atoms with E-state index < -0.39 is 11.9 Å². The van der Waals surface area contributed by atoms with Crippen LogP contribution in [0.3, 0.4) is 0 Å². The van der Waals surface area contributed by atoms with Crippen molar-refractivity contribution < 1.29 is 29.3 Å². The summed E-state index contributed by atoms with van der Waals surface area (Å²) in [5.41, 5.74) is 5.18. The molecular formula is C26H28N2O6. The number of carboxylic acid groups (broad SMARTS) is 2. The Balaban J connectivity index is 0.000000604. The highest BCUT2D eigenvalue weighted by Gasteiger charge is 2.16. The summed E-state index contributed by atoms with van der Waals surface area (Å²) in [7, 11) is 1.65. The summed E-state index contributed by atoms with van der Waals surface area (Å²) in [5, 5.41) is 21.2. The van der Waals surface area contributed by atoms with Crippen LogP contribution in [0.1, 0.15) is 28.3 Å². The summed E-state index contributed by atoms with van der Waals surface area (Å²) in [6, 6.07) is 23.9. The van der Waals surface area contributed by atoms with Crippen LogP contribution in [0.2, 0.25) is 0 Å². The fourth-order valence-corrected chi connectivity index (χ4v) is 3.26. The van der Waals surface area contributed by atoms with Crippen molar-refractivity contribution in [2.45, 2.75) is 19.9 Å². The first-order valence-electron chi connectivity index (χ1n) is 10.5. The predicted molar refractivity (Wildman–Crippen MR) is 129 cm³/mol. The SMILES string of the molecule is COc1ccc(C(NCC(=O)Nc2c(C)cccc2C)c2ccccc2)cc1.O=C(O)C(=O)O. The number of rotatable bonds is 7. The average molecular weight is 465 g/mol. The minimum absolute atomic E-state index is 0.0631. The Bertz CT molecular complexity index is 1080. The minimum Gasteiger partial charge on any atom is -0.497 e. The van der Waals surface area contributed by atoms with Crippen molar-refractivity contribution >= 4 is 23.5 Å². The molecule has 0 fully saturated rings. The monoisotopic (exact) mass is 464 g/mol. The average Bonchev–Trinajstić information content (AvgIpc) is 2.83. The first kappa shape index (κ1) is 26.1. The van der Waals surface area contributed by atoms with Crippen molar-refractivity contribution in [3.8, 4) is 5.75 Å². The van der Waals surface area contributed by atoms with Gasteiger partial charge in [0.25, 0.3) is 0 Å². The van der Waals surface area contributed by atoms with Crippen LogP contribution in [-0.2, 0) is 14.4 Å². The van der Waals surface area contributed by atoms with E-state index in [0.29, 0.717) is 0 Å². The molecule has 178 valence electrons. The van der Waals surface area contributed by atoms with E-state index >= 15 is 0 Å². The van der Waals surface area contributed by atoms with Gasteiger partial charge in [-0.15, -0.1) is 0 Å². The highest BCUT2D eigenvalue weighted by molar-refractivity contribution is 6.27. The van der Waals surface area contributed by atoms with Gasteiger partial charge in [-0.2, -0.15) is 0 Å². The van der Waals surface area contributed by atoms with Gasteiger partial charge in [0.15, 0.2) is 0 Å². The molecule has 3 aromatic carbocycles. The predicted octanol–water partition coefficient (Wildman–Crippen LogP) is 3.79. The zero-order chi connectivity index (χ0) is 25.1. The smallest absolute Gasteiger partial charge is 0.414 e. The molecule has 3 rings (SSSR count). The third-order valence-corrected chi connectivity index (χ3v) is 4.98. The quantitative estimate of drug-likeness (QED) is 0.392. The summed E-state index contributed by atoms with van der Waals surface area (Å²) in [4.78, 5) is 30.8. The first-order chi connectivity index (χ1) is 16.2. The van der Waals surface area contributed by atoms with Crippen molar-refractivity contribution in [2.24, 2.45) is 0 Å². The summed E-state index contributed by atoms with van der Waals surface area (Å²) in [6.45, 7) is 4.21. The molecule has 8 heteroatoms. The van der Waals surface area contributed by atoms with Crippen LogP contribution in [-0.4, -0.2) is 41.7 Å². The second-order valence-electron chi connectivity index (χ2n) is 7.42. The molecule has 0 saturated carbocycles. The van der Waals surface area contributed by atoms with Gasteiger partial charge in [0.05, 0.1) is 19.7 Å². The van der Waals surface area contributed by atoms with E-state index in [4.69, 9.17) is 24.5 Å². The standard InChI is InChI=1S/C24H26N2O2.C2H2O4/c1-17-8-7-9-18(2)23(17)26-22(27)16-25-24(19-10-5-4-6-11-19)20-12-14-21(28-3)15-13-20;3-1(4)2(5)6/h4-15,24-25H,16H2,1-3H3,(H,26,27);(H,3,4)(H,5,6). The lowest BCUT2D eigenvalue weighted by atomic mass is 9.98. The Morgan fingerprint density at radius 2 is 1.32 bits per heavy atom. The van der Waals surface area contributed by atoms with Gasteiger partial charge in [-0.05, 0) is 48.2 Å². The molecule has 8 nitrogen and oxygen atoms in total. The second kappa shape index (κ2) is 12.8. The summed E-state index contributed by atoms with van der Waals surface area (Å²) in [6.07, 6.45) is 0. The van der Waals surface area contributed by atoms with Crippen molar-refractivity contribution in [1.82, 2.24) is 5.32 Å². The van der Waals surface area contributed by atoms with Crippen LogP contribution in [0.4, 0.5) is 5.69 Å². The van der Waals surface area contributed by atoms with Crippen molar-refractivity contribution in [3.05, 3.63) is 95.1 Å². The fraction of sp³-hybridized carbons (Fsp3) is 0.192. The Morgan fingerprint density at radius 1 is 0.794 bits per heavy atom. The van der Waals surface area contributed by atoms with Gasteiger partial charge in [0.2, 0.25) is 5.91 Å². The van der Waals surface area contributed by atoms with Gasteiger partial charge in [-0.1, -0.05) is 60.7 Å². The van der Waals surface area contributed by atoms with Crippen LogP contribution >= 0.6 is 0 Å². The lowest BCUT2D eigenvalue weighted by Gasteiger charge is -2.20. The number of hydrogen-bond acceptors (Lipinski definition) is 5. The van der Waals surface area contributed by atoms with Gasteiger partial charge >= 0.3 is 11.9 Å². The largest absolute Gasteiger partial charge is 0.497 e. The summed E-state index contributed by atoms with van der Waals surface area (Å²) >= 11 is 0. The molecule has 1 unspecified atom stereocenters. The molecule has 0 heterocycles. The molecule has 0 radical (unpaired) electrons. The van der Waals surface area contributed by atoms with E-state index in [1.165, 1.54) is 0 Å². The molecule has 4 N–H and O–H groups in total. The third kappa shape index (κ3) is 7.75. The number of aryl methyl sites for hydroxylation is 2.